The van der Waals surface area contributed by atoms with Gasteiger partial charge in [-0.2, -0.15) is 5.10 Å². The first kappa shape index (κ1) is 11.7. The van der Waals surface area contributed by atoms with Gasteiger partial charge in [0.25, 0.3) is 0 Å². The molecular weight excluding hydrogens is 219 g/mol. The molecule has 0 saturated carbocycles. The summed E-state index contributed by atoms with van der Waals surface area (Å²) in [7, 11) is 1.81. The van der Waals surface area contributed by atoms with E-state index in [0.29, 0.717) is 30.8 Å². The fraction of sp³-hybridized carbons (Fsp3) is 0.333. The van der Waals surface area contributed by atoms with Crippen LogP contribution in [0.3, 0.4) is 0 Å². The average Bonchev–Trinajstić information content (AvgIpc) is 2.63. The molecule has 90 valence electrons. The van der Waals surface area contributed by atoms with Crippen LogP contribution in [0.2, 0.25) is 0 Å². The molecule has 0 spiro atoms. The Morgan fingerprint density at radius 3 is 2.82 bits per heavy atom. The highest BCUT2D eigenvalue weighted by Gasteiger charge is 2.09. The van der Waals surface area contributed by atoms with E-state index in [-0.39, 0.29) is 5.82 Å². The molecule has 2 aromatic rings. The topological polar surface area (TPSA) is 56.7 Å². The van der Waals surface area contributed by atoms with Crippen molar-refractivity contribution in [3.05, 3.63) is 47.3 Å². The molecule has 0 radical (unpaired) electrons. The third-order valence-corrected chi connectivity index (χ3v) is 2.57. The molecule has 0 fully saturated rings. The summed E-state index contributed by atoms with van der Waals surface area (Å²) >= 11 is 0. The summed E-state index contributed by atoms with van der Waals surface area (Å²) in [6.07, 6.45) is 1.09. The number of nitrogens with two attached hydrogens (primary N) is 1. The van der Waals surface area contributed by atoms with E-state index in [1.807, 2.05) is 13.1 Å². The molecule has 2 rings (SSSR count). The fourth-order valence-electron chi connectivity index (χ4n) is 1.68. The van der Waals surface area contributed by atoms with Gasteiger partial charge in [0.1, 0.15) is 11.6 Å². The Morgan fingerprint density at radius 1 is 1.35 bits per heavy atom. The van der Waals surface area contributed by atoms with Gasteiger partial charge in [-0.1, -0.05) is 18.2 Å². The van der Waals surface area contributed by atoms with Crippen molar-refractivity contribution in [1.82, 2.24) is 14.8 Å². The Labute approximate surface area is 99.3 Å². The van der Waals surface area contributed by atoms with Gasteiger partial charge in [-0.15, -0.1) is 0 Å². The summed E-state index contributed by atoms with van der Waals surface area (Å²) < 4.78 is 15.2. The van der Waals surface area contributed by atoms with Crippen LogP contribution < -0.4 is 5.73 Å². The SMILES string of the molecule is Cn1nc(CCN)nc1Cc1ccccc1F. The summed E-state index contributed by atoms with van der Waals surface area (Å²) in [6.45, 7) is 0.517. The van der Waals surface area contributed by atoms with Crippen molar-refractivity contribution in [2.24, 2.45) is 12.8 Å². The van der Waals surface area contributed by atoms with E-state index in [1.54, 1.807) is 16.8 Å². The zero-order valence-electron chi connectivity index (χ0n) is 9.73. The van der Waals surface area contributed by atoms with Gasteiger partial charge in [-0.3, -0.25) is 4.68 Å². The maximum atomic E-state index is 13.5. The van der Waals surface area contributed by atoms with Crippen molar-refractivity contribution >= 4 is 0 Å². The van der Waals surface area contributed by atoms with Crippen LogP contribution in [0.15, 0.2) is 24.3 Å². The highest BCUT2D eigenvalue weighted by atomic mass is 19.1. The van der Waals surface area contributed by atoms with Crippen molar-refractivity contribution in [2.45, 2.75) is 12.8 Å². The maximum absolute atomic E-state index is 13.5. The predicted octanol–water partition coefficient (Wildman–Crippen LogP) is 1.05. The first-order valence-corrected chi connectivity index (χ1v) is 5.53. The Morgan fingerprint density at radius 2 is 2.12 bits per heavy atom. The summed E-state index contributed by atoms with van der Waals surface area (Å²) in [5.41, 5.74) is 6.07. The zero-order valence-corrected chi connectivity index (χ0v) is 9.73. The van der Waals surface area contributed by atoms with E-state index in [1.165, 1.54) is 6.07 Å². The number of benzene rings is 1. The fourth-order valence-corrected chi connectivity index (χ4v) is 1.68. The van der Waals surface area contributed by atoms with Crippen LogP contribution in [-0.4, -0.2) is 21.3 Å². The summed E-state index contributed by atoms with van der Waals surface area (Å²) in [6, 6.07) is 6.70. The summed E-state index contributed by atoms with van der Waals surface area (Å²) in [4.78, 5) is 4.34. The van der Waals surface area contributed by atoms with Crippen molar-refractivity contribution in [3.63, 3.8) is 0 Å². The lowest BCUT2D eigenvalue weighted by Gasteiger charge is -2.01. The van der Waals surface area contributed by atoms with E-state index in [4.69, 9.17) is 5.73 Å². The largest absolute Gasteiger partial charge is 0.330 e. The van der Waals surface area contributed by atoms with Crippen molar-refractivity contribution in [3.8, 4) is 0 Å². The number of aryl methyl sites for hydroxylation is 1. The molecule has 0 bridgehead atoms. The lowest BCUT2D eigenvalue weighted by Crippen LogP contribution is -2.04. The highest BCUT2D eigenvalue weighted by molar-refractivity contribution is 5.21. The van der Waals surface area contributed by atoms with Gasteiger partial charge in [0.05, 0.1) is 0 Å². The molecule has 0 aliphatic heterocycles. The predicted molar refractivity (Wildman–Crippen MR) is 63.0 cm³/mol. The Bertz CT molecular complexity index is 507. The van der Waals surface area contributed by atoms with Crippen LogP contribution in [0, 0.1) is 5.82 Å². The summed E-state index contributed by atoms with van der Waals surface area (Å²) in [5.74, 6) is 1.25. The Kier molecular flexibility index (Phi) is 3.49. The number of aromatic nitrogens is 3. The van der Waals surface area contributed by atoms with Crippen molar-refractivity contribution in [1.29, 1.82) is 0 Å². The van der Waals surface area contributed by atoms with E-state index in [2.05, 4.69) is 10.1 Å². The molecule has 1 heterocycles. The van der Waals surface area contributed by atoms with E-state index < -0.39 is 0 Å². The first-order chi connectivity index (χ1) is 8.20. The lowest BCUT2D eigenvalue weighted by molar-refractivity contribution is 0.608. The monoisotopic (exact) mass is 234 g/mol. The van der Waals surface area contributed by atoms with Crippen molar-refractivity contribution < 1.29 is 4.39 Å². The average molecular weight is 234 g/mol. The molecule has 5 heteroatoms. The van der Waals surface area contributed by atoms with Crippen LogP contribution in [0.4, 0.5) is 4.39 Å². The normalized spacial score (nSPS) is 10.8. The van der Waals surface area contributed by atoms with Gasteiger partial charge >= 0.3 is 0 Å². The third-order valence-electron chi connectivity index (χ3n) is 2.57. The van der Waals surface area contributed by atoms with Gasteiger partial charge in [-0.25, -0.2) is 9.37 Å². The number of hydrogen-bond donors (Lipinski definition) is 1. The molecule has 2 N–H and O–H groups in total. The Hall–Kier alpha value is -1.75. The first-order valence-electron chi connectivity index (χ1n) is 5.53. The van der Waals surface area contributed by atoms with Crippen molar-refractivity contribution in [2.75, 3.05) is 6.54 Å². The quantitative estimate of drug-likeness (QED) is 0.860. The maximum Gasteiger partial charge on any atom is 0.152 e. The molecule has 17 heavy (non-hydrogen) atoms. The molecule has 0 aliphatic carbocycles. The lowest BCUT2D eigenvalue weighted by atomic mass is 10.1. The third kappa shape index (κ3) is 2.68. The molecule has 0 saturated heterocycles. The number of rotatable bonds is 4. The van der Waals surface area contributed by atoms with Crippen LogP contribution in [0.25, 0.3) is 0 Å². The highest BCUT2D eigenvalue weighted by Crippen LogP contribution is 2.11. The van der Waals surface area contributed by atoms with E-state index >= 15 is 0 Å². The van der Waals surface area contributed by atoms with Crippen LogP contribution in [0.5, 0.6) is 0 Å². The Balaban J connectivity index is 2.21. The zero-order chi connectivity index (χ0) is 12.3. The second-order valence-electron chi connectivity index (χ2n) is 3.87. The van der Waals surface area contributed by atoms with Gasteiger partial charge in [0.15, 0.2) is 5.82 Å². The van der Waals surface area contributed by atoms with Gasteiger partial charge < -0.3 is 5.73 Å². The van der Waals surface area contributed by atoms with E-state index in [9.17, 15) is 4.39 Å². The van der Waals surface area contributed by atoms with Gasteiger partial charge in [0, 0.05) is 19.9 Å². The minimum absolute atomic E-state index is 0.212. The smallest absolute Gasteiger partial charge is 0.152 e. The minimum atomic E-state index is -0.212. The number of halogens is 1. The summed E-state index contributed by atoms with van der Waals surface area (Å²) in [5, 5.41) is 4.23. The van der Waals surface area contributed by atoms with Gasteiger partial charge in [-0.05, 0) is 18.2 Å². The van der Waals surface area contributed by atoms with E-state index in [0.717, 1.165) is 5.82 Å². The molecule has 0 amide bonds. The van der Waals surface area contributed by atoms with Crippen LogP contribution >= 0.6 is 0 Å². The molecule has 0 unspecified atom stereocenters. The van der Waals surface area contributed by atoms with Gasteiger partial charge in [0.2, 0.25) is 0 Å². The molecule has 0 atom stereocenters. The number of hydrogen-bond acceptors (Lipinski definition) is 3. The molecule has 1 aromatic heterocycles. The molecule has 1 aromatic carbocycles. The van der Waals surface area contributed by atoms with Crippen LogP contribution in [0.1, 0.15) is 17.2 Å². The standard InChI is InChI=1S/C12H15FN4/c1-17-12(15-11(16-17)6-7-14)8-9-4-2-3-5-10(9)13/h2-5H,6-8,14H2,1H3. The second-order valence-corrected chi connectivity index (χ2v) is 3.87. The number of nitrogens with zero attached hydrogens (tertiary/aromatic N) is 3. The molecular formula is C12H15FN4. The molecule has 4 nitrogen and oxygen atoms in total. The second kappa shape index (κ2) is 5.05. The van der Waals surface area contributed by atoms with Crippen LogP contribution in [-0.2, 0) is 19.9 Å². The minimum Gasteiger partial charge on any atom is -0.330 e. The molecule has 0 aliphatic rings.